The molecule has 2 aromatic rings. The van der Waals surface area contributed by atoms with Crippen molar-refractivity contribution in [1.82, 2.24) is 5.32 Å². The summed E-state index contributed by atoms with van der Waals surface area (Å²) in [5.74, 6) is -0.346. The van der Waals surface area contributed by atoms with Gasteiger partial charge in [-0.05, 0) is 29.3 Å². The Morgan fingerprint density at radius 1 is 1.20 bits per heavy atom. The molecule has 2 rings (SSSR count). The van der Waals surface area contributed by atoms with Crippen LogP contribution in [0.3, 0.4) is 0 Å². The third-order valence-electron chi connectivity index (χ3n) is 2.77. The highest BCUT2D eigenvalue weighted by molar-refractivity contribution is 6.31. The fourth-order valence-electron chi connectivity index (χ4n) is 1.80. The van der Waals surface area contributed by atoms with Gasteiger partial charge in [-0.2, -0.15) is 0 Å². The monoisotopic (exact) mass is 294 g/mol. The van der Waals surface area contributed by atoms with Crippen molar-refractivity contribution in [3.8, 4) is 0 Å². The van der Waals surface area contributed by atoms with Gasteiger partial charge in [0.25, 0.3) is 5.69 Å². The zero-order valence-electron chi connectivity index (χ0n) is 10.5. The number of nitrogens with zero attached hydrogens (tertiary/aromatic N) is 1. The predicted molar refractivity (Wildman–Crippen MR) is 75.1 cm³/mol. The van der Waals surface area contributed by atoms with E-state index in [-0.39, 0.29) is 11.5 Å². The minimum atomic E-state index is -0.438. The van der Waals surface area contributed by atoms with Crippen LogP contribution in [0.2, 0.25) is 5.02 Å². The third-order valence-corrected chi connectivity index (χ3v) is 3.14. The molecule has 0 aliphatic carbocycles. The molecule has 4 nitrogen and oxygen atoms in total. The van der Waals surface area contributed by atoms with E-state index in [1.807, 2.05) is 0 Å². The first-order valence-corrected chi connectivity index (χ1v) is 6.32. The van der Waals surface area contributed by atoms with Gasteiger partial charge in [0.1, 0.15) is 5.82 Å². The number of hydrogen-bond acceptors (Lipinski definition) is 3. The first-order valence-electron chi connectivity index (χ1n) is 5.94. The first kappa shape index (κ1) is 14.4. The molecule has 0 heterocycles. The van der Waals surface area contributed by atoms with Crippen LogP contribution in [0.25, 0.3) is 0 Å². The van der Waals surface area contributed by atoms with Crippen LogP contribution < -0.4 is 5.32 Å². The van der Waals surface area contributed by atoms with Gasteiger partial charge in [-0.15, -0.1) is 0 Å². The van der Waals surface area contributed by atoms with Crippen molar-refractivity contribution in [2.24, 2.45) is 0 Å². The quantitative estimate of drug-likeness (QED) is 0.676. The molecule has 0 amide bonds. The lowest BCUT2D eigenvalue weighted by atomic mass is 10.2. The first-order chi connectivity index (χ1) is 9.56. The maximum atomic E-state index is 13.1. The van der Waals surface area contributed by atoms with E-state index < -0.39 is 4.92 Å². The number of non-ortho nitro benzene ring substituents is 1. The van der Waals surface area contributed by atoms with Crippen LogP contribution in [0, 0.1) is 15.9 Å². The second kappa shape index (κ2) is 6.45. The van der Waals surface area contributed by atoms with Gasteiger partial charge in [0.15, 0.2) is 0 Å². The molecule has 2 aromatic carbocycles. The summed E-state index contributed by atoms with van der Waals surface area (Å²) in [6, 6.07) is 10.5. The second-order valence-corrected chi connectivity index (χ2v) is 4.67. The Kier molecular flexibility index (Phi) is 4.65. The van der Waals surface area contributed by atoms with Crippen LogP contribution >= 0.6 is 11.6 Å². The Bertz CT molecular complexity index is 634. The molecule has 0 aliphatic heterocycles. The van der Waals surface area contributed by atoms with Gasteiger partial charge < -0.3 is 5.32 Å². The minimum absolute atomic E-state index is 0.0492. The van der Waals surface area contributed by atoms with Gasteiger partial charge in [0.2, 0.25) is 0 Å². The maximum absolute atomic E-state index is 13.1. The van der Waals surface area contributed by atoms with Gasteiger partial charge in [-0.3, -0.25) is 10.1 Å². The molecule has 0 saturated carbocycles. The molecule has 0 unspecified atom stereocenters. The lowest BCUT2D eigenvalue weighted by Crippen LogP contribution is -2.13. The van der Waals surface area contributed by atoms with Crippen LogP contribution in [-0.4, -0.2) is 4.92 Å². The summed E-state index contributed by atoms with van der Waals surface area (Å²) in [4.78, 5) is 10.2. The smallest absolute Gasteiger partial charge is 0.269 e. The van der Waals surface area contributed by atoms with Crippen molar-refractivity contribution in [3.63, 3.8) is 0 Å². The summed E-state index contributed by atoms with van der Waals surface area (Å²) in [5, 5.41) is 14.2. The Morgan fingerprint density at radius 2 is 2.00 bits per heavy atom. The van der Waals surface area contributed by atoms with E-state index >= 15 is 0 Å². The standard InChI is InChI=1S/C14H12ClFN2O2/c15-14-5-4-12(16)7-11(14)9-17-8-10-2-1-3-13(6-10)18(19)20/h1-7,17H,8-9H2. The summed E-state index contributed by atoms with van der Waals surface area (Å²) >= 11 is 5.95. The molecular weight excluding hydrogens is 283 g/mol. The molecule has 0 bridgehead atoms. The zero-order valence-corrected chi connectivity index (χ0v) is 11.2. The normalized spacial score (nSPS) is 10.5. The molecule has 104 valence electrons. The highest BCUT2D eigenvalue weighted by atomic mass is 35.5. The molecule has 0 fully saturated rings. The number of nitro groups is 1. The molecule has 0 saturated heterocycles. The van der Waals surface area contributed by atoms with E-state index in [0.717, 1.165) is 5.56 Å². The number of hydrogen-bond donors (Lipinski definition) is 1. The van der Waals surface area contributed by atoms with Crippen molar-refractivity contribution >= 4 is 17.3 Å². The van der Waals surface area contributed by atoms with E-state index in [0.29, 0.717) is 23.7 Å². The zero-order chi connectivity index (χ0) is 14.5. The summed E-state index contributed by atoms with van der Waals surface area (Å²) in [7, 11) is 0. The van der Waals surface area contributed by atoms with Gasteiger partial charge in [0.05, 0.1) is 4.92 Å². The summed E-state index contributed by atoms with van der Waals surface area (Å²) in [6.07, 6.45) is 0. The molecule has 1 N–H and O–H groups in total. The molecule has 20 heavy (non-hydrogen) atoms. The largest absolute Gasteiger partial charge is 0.309 e. The Hall–Kier alpha value is -1.98. The average Bonchev–Trinajstić information content (AvgIpc) is 2.43. The second-order valence-electron chi connectivity index (χ2n) is 4.27. The molecule has 0 aromatic heterocycles. The molecule has 0 atom stereocenters. The third kappa shape index (κ3) is 3.76. The Labute approximate surface area is 120 Å². The molecule has 0 spiro atoms. The fraction of sp³-hybridized carbons (Fsp3) is 0.143. The Morgan fingerprint density at radius 3 is 2.75 bits per heavy atom. The summed E-state index contributed by atoms with van der Waals surface area (Å²) < 4.78 is 13.1. The lowest BCUT2D eigenvalue weighted by molar-refractivity contribution is -0.384. The number of rotatable bonds is 5. The van der Waals surface area contributed by atoms with Crippen molar-refractivity contribution in [2.45, 2.75) is 13.1 Å². The van der Waals surface area contributed by atoms with E-state index in [1.54, 1.807) is 12.1 Å². The minimum Gasteiger partial charge on any atom is -0.309 e. The van der Waals surface area contributed by atoms with E-state index in [1.165, 1.54) is 30.3 Å². The van der Waals surface area contributed by atoms with Crippen molar-refractivity contribution in [1.29, 1.82) is 0 Å². The van der Waals surface area contributed by atoms with Crippen LogP contribution in [0.15, 0.2) is 42.5 Å². The topological polar surface area (TPSA) is 55.2 Å². The number of halogens is 2. The fourth-order valence-corrected chi connectivity index (χ4v) is 1.98. The molecule has 6 heteroatoms. The van der Waals surface area contributed by atoms with Crippen molar-refractivity contribution < 1.29 is 9.31 Å². The number of benzene rings is 2. The molecular formula is C14H12ClFN2O2. The van der Waals surface area contributed by atoms with Gasteiger partial charge >= 0.3 is 0 Å². The van der Waals surface area contributed by atoms with E-state index in [4.69, 9.17) is 11.6 Å². The molecule has 0 aliphatic rings. The van der Waals surface area contributed by atoms with Gasteiger partial charge in [0, 0.05) is 30.2 Å². The van der Waals surface area contributed by atoms with E-state index in [2.05, 4.69) is 5.32 Å². The van der Waals surface area contributed by atoms with Crippen LogP contribution in [0.5, 0.6) is 0 Å². The van der Waals surface area contributed by atoms with Gasteiger partial charge in [-0.1, -0.05) is 23.7 Å². The van der Waals surface area contributed by atoms with Crippen LogP contribution in [0.1, 0.15) is 11.1 Å². The van der Waals surface area contributed by atoms with Crippen LogP contribution in [0.4, 0.5) is 10.1 Å². The van der Waals surface area contributed by atoms with E-state index in [9.17, 15) is 14.5 Å². The number of nitro benzene ring substituents is 1. The number of nitrogens with one attached hydrogen (secondary N) is 1. The summed E-state index contributed by atoms with van der Waals surface area (Å²) in [6.45, 7) is 0.827. The highest BCUT2D eigenvalue weighted by Crippen LogP contribution is 2.17. The highest BCUT2D eigenvalue weighted by Gasteiger charge is 2.06. The lowest BCUT2D eigenvalue weighted by Gasteiger charge is -2.07. The average molecular weight is 295 g/mol. The SMILES string of the molecule is O=[N+]([O-])c1cccc(CNCc2cc(F)ccc2Cl)c1. The maximum Gasteiger partial charge on any atom is 0.269 e. The van der Waals surface area contributed by atoms with Crippen molar-refractivity contribution in [3.05, 3.63) is 74.5 Å². The predicted octanol–water partition coefficient (Wildman–Crippen LogP) is 3.68. The summed E-state index contributed by atoms with van der Waals surface area (Å²) in [5.41, 5.74) is 1.48. The van der Waals surface area contributed by atoms with Crippen molar-refractivity contribution in [2.75, 3.05) is 0 Å². The van der Waals surface area contributed by atoms with Gasteiger partial charge in [-0.25, -0.2) is 4.39 Å². The molecule has 0 radical (unpaired) electrons. The Balaban J connectivity index is 1.97. The van der Waals surface area contributed by atoms with Crippen LogP contribution in [-0.2, 0) is 13.1 Å².